The van der Waals surface area contributed by atoms with Crippen molar-refractivity contribution in [2.75, 3.05) is 18.8 Å². The van der Waals surface area contributed by atoms with Gasteiger partial charge in [0.15, 0.2) is 0 Å². The van der Waals surface area contributed by atoms with Gasteiger partial charge in [0.2, 0.25) is 0 Å². The fraction of sp³-hybridized carbons (Fsp3) is 0.400. The normalized spacial score (nSPS) is 17.3. The highest BCUT2D eigenvalue weighted by Gasteiger charge is 2.21. The summed E-state index contributed by atoms with van der Waals surface area (Å²) in [5.41, 5.74) is 1.72. The van der Waals surface area contributed by atoms with Gasteiger partial charge in [-0.3, -0.25) is 15.1 Å². The Bertz CT molecular complexity index is 548. The lowest BCUT2D eigenvalue weighted by Crippen LogP contribution is -2.20. The summed E-state index contributed by atoms with van der Waals surface area (Å²) in [4.78, 5) is 17.0. The number of nitrogens with zero attached hydrogens (tertiary/aromatic N) is 3. The molecule has 118 valence electrons. The quantitative estimate of drug-likeness (QED) is 0.359. The molecule has 0 amide bonds. The van der Waals surface area contributed by atoms with Crippen molar-refractivity contribution in [1.29, 1.82) is 0 Å². The van der Waals surface area contributed by atoms with Crippen molar-refractivity contribution in [3.05, 3.63) is 64.3 Å². The molecule has 22 heavy (non-hydrogen) atoms. The van der Waals surface area contributed by atoms with E-state index in [9.17, 15) is 10.1 Å². The molecule has 1 atom stereocenters. The van der Waals surface area contributed by atoms with Crippen LogP contribution in [0.1, 0.15) is 12.5 Å². The predicted molar refractivity (Wildman–Crippen MR) is 88.8 cm³/mol. The van der Waals surface area contributed by atoms with Gasteiger partial charge in [-0.15, -0.1) is 0 Å². The molecule has 1 saturated heterocycles. The molecule has 1 unspecified atom stereocenters. The van der Waals surface area contributed by atoms with Gasteiger partial charge >= 0.3 is 0 Å². The first kappa shape index (κ1) is 16.4. The molecule has 0 spiro atoms. The lowest BCUT2D eigenvalue weighted by molar-refractivity contribution is -0.485. The number of hydrogen-bond acceptors (Lipinski definition) is 6. The Morgan fingerprint density at radius 3 is 3.18 bits per heavy atom. The largest absolute Gasteiger partial charge is 0.370 e. The van der Waals surface area contributed by atoms with Gasteiger partial charge in [0.1, 0.15) is 0 Å². The molecular weight excluding hydrogens is 300 g/mol. The van der Waals surface area contributed by atoms with Gasteiger partial charge in [-0.25, -0.2) is 0 Å². The highest BCUT2D eigenvalue weighted by atomic mass is 32.2. The molecule has 6 nitrogen and oxygen atoms in total. The van der Waals surface area contributed by atoms with Crippen LogP contribution in [-0.2, 0) is 6.54 Å². The monoisotopic (exact) mass is 320 g/mol. The Labute approximate surface area is 134 Å². The maximum absolute atomic E-state index is 10.9. The van der Waals surface area contributed by atoms with Crippen LogP contribution < -0.4 is 5.32 Å². The van der Waals surface area contributed by atoms with Crippen molar-refractivity contribution in [3.63, 3.8) is 0 Å². The summed E-state index contributed by atoms with van der Waals surface area (Å²) in [5, 5.41) is 13.5. The topological polar surface area (TPSA) is 71.3 Å². The standard InChI is InChI=1S/C15H20N4O2S/c1-12(2)15(19(20)21)22-9-5-14-17-7-8-18(14)11-13-4-3-6-16-10-13/h3-6,10,15,17H,1,7-9,11H2,2H3. The number of aromatic nitrogens is 1. The van der Waals surface area contributed by atoms with Crippen LogP contribution in [0, 0.1) is 10.1 Å². The minimum atomic E-state index is -0.745. The Kier molecular flexibility index (Phi) is 5.83. The smallest absolute Gasteiger partial charge is 0.279 e. The first-order chi connectivity index (χ1) is 10.6. The minimum absolute atomic E-state index is 0.291. The summed E-state index contributed by atoms with van der Waals surface area (Å²) >= 11 is 1.28. The van der Waals surface area contributed by atoms with E-state index in [-0.39, 0.29) is 4.92 Å². The second-order valence-corrected chi connectivity index (χ2v) is 6.23. The molecule has 0 saturated carbocycles. The van der Waals surface area contributed by atoms with Crippen LogP contribution in [0.25, 0.3) is 0 Å². The maximum Gasteiger partial charge on any atom is 0.279 e. The van der Waals surface area contributed by atoms with Crippen LogP contribution in [0.4, 0.5) is 0 Å². The summed E-state index contributed by atoms with van der Waals surface area (Å²) in [6.07, 6.45) is 5.62. The molecule has 2 heterocycles. The molecule has 1 aliphatic heterocycles. The number of pyridine rings is 1. The number of rotatable bonds is 7. The van der Waals surface area contributed by atoms with Crippen molar-refractivity contribution in [2.45, 2.75) is 18.8 Å². The van der Waals surface area contributed by atoms with Gasteiger partial charge in [-0.2, -0.15) is 0 Å². The van der Waals surface area contributed by atoms with E-state index in [4.69, 9.17) is 0 Å². The van der Waals surface area contributed by atoms with Crippen LogP contribution in [0.2, 0.25) is 0 Å². The molecule has 0 aromatic carbocycles. The third-order valence-corrected chi connectivity index (χ3v) is 4.52. The number of thioether (sulfide) groups is 1. The van der Waals surface area contributed by atoms with E-state index in [0.717, 1.165) is 31.0 Å². The number of nitro groups is 1. The molecule has 1 aromatic rings. The minimum Gasteiger partial charge on any atom is -0.370 e. The molecule has 1 aromatic heterocycles. The van der Waals surface area contributed by atoms with Gasteiger partial charge in [0.25, 0.3) is 5.37 Å². The maximum atomic E-state index is 10.9. The zero-order chi connectivity index (χ0) is 15.9. The van der Waals surface area contributed by atoms with Gasteiger partial charge in [0, 0.05) is 48.3 Å². The Balaban J connectivity index is 1.92. The number of nitrogens with one attached hydrogen (secondary N) is 1. The number of hydrogen-bond donors (Lipinski definition) is 1. The predicted octanol–water partition coefficient (Wildman–Crippen LogP) is 2.24. The molecule has 1 fully saturated rings. The zero-order valence-electron chi connectivity index (χ0n) is 12.6. The Morgan fingerprint density at radius 1 is 1.73 bits per heavy atom. The molecule has 0 aliphatic carbocycles. The molecule has 1 aliphatic rings. The SMILES string of the molecule is C=C(C)C(SCC=C1NCCN1Cc1cccnc1)[N+](=O)[O-]. The van der Waals surface area contributed by atoms with E-state index in [2.05, 4.69) is 21.8 Å². The average Bonchev–Trinajstić information content (AvgIpc) is 2.91. The fourth-order valence-electron chi connectivity index (χ4n) is 2.23. The fourth-order valence-corrected chi connectivity index (χ4v) is 3.07. The van der Waals surface area contributed by atoms with E-state index >= 15 is 0 Å². The molecule has 7 heteroatoms. The van der Waals surface area contributed by atoms with Crippen LogP contribution >= 0.6 is 11.8 Å². The molecule has 0 radical (unpaired) electrons. The highest BCUT2D eigenvalue weighted by Crippen LogP contribution is 2.20. The first-order valence-corrected chi connectivity index (χ1v) is 8.11. The molecule has 1 N–H and O–H groups in total. The highest BCUT2D eigenvalue weighted by molar-refractivity contribution is 8.00. The first-order valence-electron chi connectivity index (χ1n) is 7.06. The van der Waals surface area contributed by atoms with Crippen molar-refractivity contribution in [3.8, 4) is 0 Å². The third-order valence-electron chi connectivity index (χ3n) is 3.27. The van der Waals surface area contributed by atoms with Crippen molar-refractivity contribution < 1.29 is 4.92 Å². The second-order valence-electron chi connectivity index (χ2n) is 5.12. The zero-order valence-corrected chi connectivity index (χ0v) is 13.4. The van der Waals surface area contributed by atoms with Gasteiger partial charge in [-0.1, -0.05) is 24.4 Å². The summed E-state index contributed by atoms with van der Waals surface area (Å²) in [5.74, 6) is 1.60. The van der Waals surface area contributed by atoms with Crippen LogP contribution in [0.3, 0.4) is 0 Å². The van der Waals surface area contributed by atoms with Crippen LogP contribution in [0.5, 0.6) is 0 Å². The van der Waals surface area contributed by atoms with E-state index in [1.807, 2.05) is 24.4 Å². The third kappa shape index (κ3) is 4.49. The summed E-state index contributed by atoms with van der Waals surface area (Å²) in [7, 11) is 0. The van der Waals surface area contributed by atoms with E-state index < -0.39 is 5.37 Å². The van der Waals surface area contributed by atoms with E-state index in [1.54, 1.807) is 13.1 Å². The van der Waals surface area contributed by atoms with Crippen LogP contribution in [0.15, 0.2) is 48.6 Å². The lowest BCUT2D eigenvalue weighted by atomic mass is 10.2. The van der Waals surface area contributed by atoms with Gasteiger partial charge in [-0.05, 0) is 24.6 Å². The molecular formula is C15H20N4O2S. The second kappa shape index (κ2) is 7.84. The molecule has 2 rings (SSSR count). The van der Waals surface area contributed by atoms with E-state index in [0.29, 0.717) is 11.3 Å². The van der Waals surface area contributed by atoms with E-state index in [1.165, 1.54) is 11.8 Å². The summed E-state index contributed by atoms with van der Waals surface area (Å²) in [6, 6.07) is 3.97. The Hall–Kier alpha value is -2.02. The average molecular weight is 320 g/mol. The van der Waals surface area contributed by atoms with Crippen LogP contribution in [-0.4, -0.2) is 39.0 Å². The summed E-state index contributed by atoms with van der Waals surface area (Å²) in [6.45, 7) is 7.97. The van der Waals surface area contributed by atoms with Crippen molar-refractivity contribution in [1.82, 2.24) is 15.2 Å². The Morgan fingerprint density at radius 2 is 2.55 bits per heavy atom. The van der Waals surface area contributed by atoms with Gasteiger partial charge < -0.3 is 10.2 Å². The van der Waals surface area contributed by atoms with Gasteiger partial charge in [0.05, 0.1) is 5.82 Å². The summed E-state index contributed by atoms with van der Waals surface area (Å²) < 4.78 is 0. The molecule has 0 bridgehead atoms. The van der Waals surface area contributed by atoms with Crippen molar-refractivity contribution in [2.24, 2.45) is 0 Å². The lowest BCUT2D eigenvalue weighted by Gasteiger charge is -2.19. The van der Waals surface area contributed by atoms with Crippen molar-refractivity contribution >= 4 is 11.8 Å².